The molecule has 0 radical (unpaired) electrons. The second-order valence-corrected chi connectivity index (χ2v) is 8.47. The first kappa shape index (κ1) is 23.0. The number of aliphatic hydroxyl groups is 1. The van der Waals surface area contributed by atoms with E-state index in [-0.39, 0.29) is 11.8 Å². The second kappa shape index (κ2) is 11.1. The van der Waals surface area contributed by atoms with Gasteiger partial charge in [-0.25, -0.2) is 0 Å². The summed E-state index contributed by atoms with van der Waals surface area (Å²) in [6.45, 7) is 1.59. The van der Waals surface area contributed by atoms with Crippen molar-refractivity contribution < 1.29 is 19.4 Å². The molecule has 5 heteroatoms. The predicted molar refractivity (Wildman–Crippen MR) is 129 cm³/mol. The van der Waals surface area contributed by atoms with Gasteiger partial charge in [0.25, 0.3) is 0 Å². The molecule has 3 aromatic carbocycles. The second-order valence-electron chi connectivity index (χ2n) is 8.47. The van der Waals surface area contributed by atoms with Gasteiger partial charge in [0.2, 0.25) is 0 Å². The molecule has 4 rings (SSSR count). The SMILES string of the molecule is COc1ccc(C(O)C2CCCCN2CC(=O)c2ccc(OCc3ccccc3)cc2)cc1. The van der Waals surface area contributed by atoms with Crippen LogP contribution < -0.4 is 9.47 Å². The standard InChI is InChI=1S/C28H31NO4/c1-32-24-14-12-23(13-15-24)28(31)26-9-5-6-18-29(26)19-27(30)22-10-16-25(17-11-22)33-20-21-7-3-2-4-8-21/h2-4,7-8,10-17,26,28,31H,5-6,9,18-20H2,1H3. The van der Waals surface area contributed by atoms with Crippen LogP contribution in [0.4, 0.5) is 0 Å². The molecule has 0 bridgehead atoms. The lowest BCUT2D eigenvalue weighted by Crippen LogP contribution is -2.45. The molecule has 1 saturated heterocycles. The van der Waals surface area contributed by atoms with E-state index in [9.17, 15) is 9.90 Å². The highest BCUT2D eigenvalue weighted by Crippen LogP contribution is 2.30. The van der Waals surface area contributed by atoms with Crippen LogP contribution in [0.2, 0.25) is 0 Å². The van der Waals surface area contributed by atoms with Crippen LogP contribution in [0.25, 0.3) is 0 Å². The number of carbonyl (C=O) groups is 1. The maximum absolute atomic E-state index is 13.0. The Morgan fingerprint density at radius 2 is 1.67 bits per heavy atom. The molecule has 172 valence electrons. The third-order valence-electron chi connectivity index (χ3n) is 6.26. The molecule has 2 unspecified atom stereocenters. The number of benzene rings is 3. The van der Waals surface area contributed by atoms with E-state index in [2.05, 4.69) is 4.90 Å². The molecule has 5 nitrogen and oxygen atoms in total. The summed E-state index contributed by atoms with van der Waals surface area (Å²) in [5.41, 5.74) is 2.61. The number of piperidine rings is 1. The van der Waals surface area contributed by atoms with Gasteiger partial charge in [0.05, 0.1) is 19.8 Å². The van der Waals surface area contributed by atoms with Crippen LogP contribution in [0, 0.1) is 0 Å². The van der Waals surface area contributed by atoms with Gasteiger partial charge >= 0.3 is 0 Å². The number of ether oxygens (including phenoxy) is 2. The van der Waals surface area contributed by atoms with Gasteiger partial charge in [-0.2, -0.15) is 0 Å². The zero-order chi connectivity index (χ0) is 23.0. The lowest BCUT2D eigenvalue weighted by atomic mass is 9.92. The molecule has 0 aliphatic carbocycles. The van der Waals surface area contributed by atoms with E-state index in [1.807, 2.05) is 78.9 Å². The average molecular weight is 446 g/mol. The van der Waals surface area contributed by atoms with E-state index in [1.54, 1.807) is 7.11 Å². The third kappa shape index (κ3) is 6.01. The Balaban J connectivity index is 1.37. The Hall–Kier alpha value is -3.15. The molecule has 1 aliphatic rings. The molecule has 1 N–H and O–H groups in total. The highest BCUT2D eigenvalue weighted by atomic mass is 16.5. The van der Waals surface area contributed by atoms with Crippen molar-refractivity contribution in [2.45, 2.75) is 38.0 Å². The Morgan fingerprint density at radius 1 is 0.970 bits per heavy atom. The first-order valence-electron chi connectivity index (χ1n) is 11.5. The van der Waals surface area contributed by atoms with Gasteiger partial charge in [-0.3, -0.25) is 9.69 Å². The zero-order valence-corrected chi connectivity index (χ0v) is 19.0. The van der Waals surface area contributed by atoms with Crippen molar-refractivity contribution in [3.63, 3.8) is 0 Å². The zero-order valence-electron chi connectivity index (χ0n) is 19.0. The van der Waals surface area contributed by atoms with Crippen LogP contribution >= 0.6 is 0 Å². The van der Waals surface area contributed by atoms with E-state index >= 15 is 0 Å². The molecule has 0 saturated carbocycles. The van der Waals surface area contributed by atoms with Crippen molar-refractivity contribution in [1.82, 2.24) is 4.90 Å². The van der Waals surface area contributed by atoms with Crippen molar-refractivity contribution in [3.8, 4) is 11.5 Å². The highest BCUT2D eigenvalue weighted by Gasteiger charge is 2.31. The van der Waals surface area contributed by atoms with Crippen LogP contribution in [0.1, 0.15) is 46.9 Å². The topological polar surface area (TPSA) is 59.0 Å². The number of rotatable bonds is 9. The molecule has 1 fully saturated rings. The molecule has 3 aromatic rings. The Morgan fingerprint density at radius 3 is 2.36 bits per heavy atom. The number of Topliss-reactive ketones (excluding diaryl/α,β-unsaturated/α-hetero) is 1. The Bertz CT molecular complexity index is 1020. The fraction of sp³-hybridized carbons (Fsp3) is 0.321. The minimum absolute atomic E-state index is 0.0541. The first-order chi connectivity index (χ1) is 16.1. The summed E-state index contributed by atoms with van der Waals surface area (Å²) in [6.07, 6.45) is 2.31. The first-order valence-corrected chi connectivity index (χ1v) is 11.5. The lowest BCUT2D eigenvalue weighted by Gasteiger charge is -2.38. The van der Waals surface area contributed by atoms with E-state index in [0.29, 0.717) is 18.7 Å². The van der Waals surface area contributed by atoms with Crippen molar-refractivity contribution in [1.29, 1.82) is 0 Å². The number of likely N-dealkylation sites (tertiary alicyclic amines) is 1. The number of methoxy groups -OCH3 is 1. The summed E-state index contributed by atoms with van der Waals surface area (Å²) in [4.78, 5) is 15.1. The van der Waals surface area contributed by atoms with E-state index < -0.39 is 6.10 Å². The van der Waals surface area contributed by atoms with Crippen molar-refractivity contribution in [2.24, 2.45) is 0 Å². The smallest absolute Gasteiger partial charge is 0.176 e. The number of aliphatic hydroxyl groups excluding tert-OH is 1. The molecule has 33 heavy (non-hydrogen) atoms. The van der Waals surface area contributed by atoms with Crippen LogP contribution in [0.3, 0.4) is 0 Å². The van der Waals surface area contributed by atoms with E-state index in [4.69, 9.17) is 9.47 Å². The van der Waals surface area contributed by atoms with Gasteiger partial charge in [-0.05, 0) is 66.9 Å². The van der Waals surface area contributed by atoms with Crippen molar-refractivity contribution in [3.05, 3.63) is 95.6 Å². The Kier molecular flexibility index (Phi) is 7.76. The number of ketones is 1. The maximum Gasteiger partial charge on any atom is 0.176 e. The minimum Gasteiger partial charge on any atom is -0.497 e. The molecule has 0 spiro atoms. The fourth-order valence-corrected chi connectivity index (χ4v) is 4.35. The number of carbonyl (C=O) groups excluding carboxylic acids is 1. The van der Waals surface area contributed by atoms with Crippen LogP contribution in [0.5, 0.6) is 11.5 Å². The number of nitrogens with zero attached hydrogens (tertiary/aromatic N) is 1. The molecule has 2 atom stereocenters. The minimum atomic E-state index is -0.641. The Labute approximate surface area is 195 Å². The number of hydrogen-bond acceptors (Lipinski definition) is 5. The molecule has 1 aliphatic heterocycles. The summed E-state index contributed by atoms with van der Waals surface area (Å²) in [7, 11) is 1.63. The van der Waals surface area contributed by atoms with Crippen molar-refractivity contribution in [2.75, 3.05) is 20.2 Å². The normalized spacial score (nSPS) is 17.3. The monoisotopic (exact) mass is 445 g/mol. The van der Waals surface area contributed by atoms with Crippen LogP contribution in [-0.2, 0) is 6.61 Å². The van der Waals surface area contributed by atoms with Gasteiger partial charge in [-0.1, -0.05) is 48.9 Å². The molecule has 0 amide bonds. The molecular weight excluding hydrogens is 414 g/mol. The summed E-state index contributed by atoms with van der Waals surface area (Å²) in [5.74, 6) is 1.55. The van der Waals surface area contributed by atoms with Gasteiger partial charge < -0.3 is 14.6 Å². The fourth-order valence-electron chi connectivity index (χ4n) is 4.35. The predicted octanol–water partition coefficient (Wildman–Crippen LogP) is 5.05. The lowest BCUT2D eigenvalue weighted by molar-refractivity contribution is 0.0255. The largest absolute Gasteiger partial charge is 0.497 e. The molecule has 0 aromatic heterocycles. The van der Waals surface area contributed by atoms with Gasteiger partial charge in [0.1, 0.15) is 18.1 Å². The summed E-state index contributed by atoms with van der Waals surface area (Å²) < 4.78 is 11.0. The average Bonchev–Trinajstić information content (AvgIpc) is 2.88. The summed E-state index contributed by atoms with van der Waals surface area (Å²) in [5, 5.41) is 11.0. The molecular formula is C28H31NO4. The quantitative estimate of drug-likeness (QED) is 0.468. The van der Waals surface area contributed by atoms with Crippen LogP contribution in [0.15, 0.2) is 78.9 Å². The van der Waals surface area contributed by atoms with E-state index in [0.717, 1.165) is 48.4 Å². The van der Waals surface area contributed by atoms with Crippen molar-refractivity contribution >= 4 is 5.78 Å². The van der Waals surface area contributed by atoms with Gasteiger partial charge in [0, 0.05) is 11.6 Å². The third-order valence-corrected chi connectivity index (χ3v) is 6.26. The van der Waals surface area contributed by atoms with Crippen LogP contribution in [-0.4, -0.2) is 42.0 Å². The highest BCUT2D eigenvalue weighted by molar-refractivity contribution is 5.97. The van der Waals surface area contributed by atoms with E-state index in [1.165, 1.54) is 0 Å². The van der Waals surface area contributed by atoms with Gasteiger partial charge in [-0.15, -0.1) is 0 Å². The summed E-state index contributed by atoms with van der Waals surface area (Å²) in [6, 6.07) is 24.8. The molecule has 1 heterocycles. The number of hydrogen-bond donors (Lipinski definition) is 1. The summed E-state index contributed by atoms with van der Waals surface area (Å²) >= 11 is 0. The van der Waals surface area contributed by atoms with Gasteiger partial charge in [0.15, 0.2) is 5.78 Å². The maximum atomic E-state index is 13.0.